The van der Waals surface area contributed by atoms with Crippen molar-refractivity contribution in [3.63, 3.8) is 0 Å². The topological polar surface area (TPSA) is 23.5 Å². The van der Waals surface area contributed by atoms with Crippen LogP contribution in [0.2, 0.25) is 0 Å². The Balaban J connectivity index is 1.56. The number of hydrogen-bond acceptors (Lipinski definition) is 2. The molecule has 6 unspecified atom stereocenters. The first-order valence-corrected chi connectivity index (χ1v) is 11.0. The van der Waals surface area contributed by atoms with Crippen LogP contribution in [-0.2, 0) is 0 Å². The van der Waals surface area contributed by atoms with Crippen LogP contribution in [0.1, 0.15) is 70.6 Å². The Labute approximate surface area is 154 Å². The highest BCUT2D eigenvalue weighted by Crippen LogP contribution is 2.45. The van der Waals surface area contributed by atoms with Crippen molar-refractivity contribution in [2.45, 2.75) is 82.7 Å². The Morgan fingerprint density at radius 1 is 0.720 bits per heavy atom. The summed E-state index contributed by atoms with van der Waals surface area (Å²) in [6, 6.07) is 1.54. The molecular formula is C23H37NO. The zero-order valence-electron chi connectivity index (χ0n) is 15.9. The van der Waals surface area contributed by atoms with Crippen molar-refractivity contribution in [2.24, 2.45) is 23.7 Å². The molecule has 4 aliphatic rings. The van der Waals surface area contributed by atoms with Crippen LogP contribution in [0.15, 0.2) is 24.3 Å². The Hall–Kier alpha value is -0.600. The second-order valence-corrected chi connectivity index (χ2v) is 9.04. The minimum atomic E-state index is 0.345. The monoisotopic (exact) mass is 343 g/mol. The van der Waals surface area contributed by atoms with Gasteiger partial charge in [-0.05, 0) is 81.5 Å². The summed E-state index contributed by atoms with van der Waals surface area (Å²) in [5.41, 5.74) is 0. The van der Waals surface area contributed by atoms with Crippen molar-refractivity contribution in [2.75, 3.05) is 13.2 Å². The summed E-state index contributed by atoms with van der Waals surface area (Å²) in [5.74, 6) is 3.59. The van der Waals surface area contributed by atoms with Crippen molar-refractivity contribution in [1.29, 1.82) is 0 Å². The van der Waals surface area contributed by atoms with E-state index in [1.54, 1.807) is 0 Å². The third-order valence-electron chi connectivity index (χ3n) is 7.80. The van der Waals surface area contributed by atoms with Gasteiger partial charge in [0, 0.05) is 25.2 Å². The fourth-order valence-corrected chi connectivity index (χ4v) is 6.65. The van der Waals surface area contributed by atoms with Gasteiger partial charge < -0.3 is 5.11 Å². The average molecular weight is 344 g/mol. The molecule has 0 aromatic heterocycles. The maximum absolute atomic E-state index is 9.53. The van der Waals surface area contributed by atoms with Crippen molar-refractivity contribution in [3.05, 3.63) is 24.3 Å². The SMILES string of the molecule is OCCCN(C1CCCC2CC=CCC21)C1CCCC2CC=CCC21. The molecule has 0 aromatic carbocycles. The summed E-state index contributed by atoms with van der Waals surface area (Å²) < 4.78 is 0. The van der Waals surface area contributed by atoms with Crippen LogP contribution in [0.3, 0.4) is 0 Å². The summed E-state index contributed by atoms with van der Waals surface area (Å²) in [5, 5.41) is 9.53. The Bertz CT molecular complexity index is 444. The summed E-state index contributed by atoms with van der Waals surface area (Å²) in [6.07, 6.45) is 24.5. The number of allylic oxidation sites excluding steroid dienone is 4. The predicted octanol–water partition coefficient (Wildman–Crippen LogP) is 4.94. The number of aliphatic hydroxyl groups is 1. The molecule has 0 bridgehead atoms. The number of aliphatic hydroxyl groups excluding tert-OH is 1. The highest BCUT2D eigenvalue weighted by atomic mass is 16.3. The lowest BCUT2D eigenvalue weighted by molar-refractivity contribution is -0.0193. The van der Waals surface area contributed by atoms with Gasteiger partial charge in [0.05, 0.1) is 0 Å². The van der Waals surface area contributed by atoms with E-state index in [9.17, 15) is 5.11 Å². The van der Waals surface area contributed by atoms with Gasteiger partial charge in [-0.2, -0.15) is 0 Å². The third kappa shape index (κ3) is 3.76. The van der Waals surface area contributed by atoms with E-state index in [1.165, 1.54) is 64.2 Å². The van der Waals surface area contributed by atoms with E-state index in [0.29, 0.717) is 6.61 Å². The summed E-state index contributed by atoms with van der Waals surface area (Å²) in [4.78, 5) is 2.93. The van der Waals surface area contributed by atoms with Gasteiger partial charge >= 0.3 is 0 Å². The molecule has 25 heavy (non-hydrogen) atoms. The largest absolute Gasteiger partial charge is 0.396 e. The number of fused-ring (bicyclic) bond motifs is 2. The quantitative estimate of drug-likeness (QED) is 0.715. The minimum absolute atomic E-state index is 0.345. The van der Waals surface area contributed by atoms with Crippen LogP contribution in [0.5, 0.6) is 0 Å². The van der Waals surface area contributed by atoms with Gasteiger partial charge in [0.15, 0.2) is 0 Å². The van der Waals surface area contributed by atoms with Gasteiger partial charge in [-0.25, -0.2) is 0 Å². The molecule has 6 atom stereocenters. The Morgan fingerprint density at radius 3 is 1.76 bits per heavy atom. The van der Waals surface area contributed by atoms with Crippen LogP contribution >= 0.6 is 0 Å². The van der Waals surface area contributed by atoms with E-state index in [-0.39, 0.29) is 0 Å². The molecule has 1 N–H and O–H groups in total. The minimum Gasteiger partial charge on any atom is -0.396 e. The zero-order chi connectivity index (χ0) is 17.1. The van der Waals surface area contributed by atoms with Gasteiger partial charge in [0.25, 0.3) is 0 Å². The average Bonchev–Trinajstić information content (AvgIpc) is 2.68. The first kappa shape index (κ1) is 17.8. The number of hydrogen-bond donors (Lipinski definition) is 1. The molecule has 2 heteroatoms. The fraction of sp³-hybridized carbons (Fsp3) is 0.826. The van der Waals surface area contributed by atoms with Crippen LogP contribution in [0.25, 0.3) is 0 Å². The predicted molar refractivity (Wildman–Crippen MR) is 104 cm³/mol. The fourth-order valence-electron chi connectivity index (χ4n) is 6.65. The highest BCUT2D eigenvalue weighted by molar-refractivity contribution is 5.05. The zero-order valence-corrected chi connectivity index (χ0v) is 15.9. The molecule has 2 nitrogen and oxygen atoms in total. The van der Waals surface area contributed by atoms with Gasteiger partial charge in [0.2, 0.25) is 0 Å². The lowest BCUT2D eigenvalue weighted by atomic mass is 9.66. The lowest BCUT2D eigenvalue weighted by Crippen LogP contribution is -2.55. The Morgan fingerprint density at radius 2 is 1.24 bits per heavy atom. The molecule has 0 aromatic rings. The maximum atomic E-state index is 9.53. The van der Waals surface area contributed by atoms with E-state index in [2.05, 4.69) is 29.2 Å². The molecule has 4 rings (SSSR count). The van der Waals surface area contributed by atoms with Crippen LogP contribution in [0, 0.1) is 23.7 Å². The van der Waals surface area contributed by atoms with Gasteiger partial charge in [0.1, 0.15) is 0 Å². The standard InChI is InChI=1S/C23H37NO/c25-17-7-16-24(22-14-5-10-18-8-1-3-12-20(18)22)23-15-6-11-19-9-2-4-13-21(19)23/h1-4,18-23,25H,5-17H2. The molecule has 0 heterocycles. The van der Waals surface area contributed by atoms with E-state index in [0.717, 1.165) is 48.7 Å². The van der Waals surface area contributed by atoms with E-state index >= 15 is 0 Å². The third-order valence-corrected chi connectivity index (χ3v) is 7.80. The maximum Gasteiger partial charge on any atom is 0.0443 e. The second-order valence-electron chi connectivity index (χ2n) is 9.04. The summed E-state index contributed by atoms with van der Waals surface area (Å²) >= 11 is 0. The Kier molecular flexibility index (Phi) is 5.98. The number of rotatable bonds is 5. The van der Waals surface area contributed by atoms with Crippen LogP contribution in [0.4, 0.5) is 0 Å². The molecule has 2 saturated carbocycles. The summed E-state index contributed by atoms with van der Waals surface area (Å²) in [7, 11) is 0. The van der Waals surface area contributed by atoms with Crippen molar-refractivity contribution < 1.29 is 5.11 Å². The van der Waals surface area contributed by atoms with Crippen LogP contribution in [-0.4, -0.2) is 35.2 Å². The lowest BCUT2D eigenvalue weighted by Gasteiger charge is -2.52. The van der Waals surface area contributed by atoms with Crippen molar-refractivity contribution >= 4 is 0 Å². The van der Waals surface area contributed by atoms with E-state index in [1.807, 2.05) is 0 Å². The van der Waals surface area contributed by atoms with Gasteiger partial charge in [-0.3, -0.25) is 4.90 Å². The molecule has 4 aliphatic carbocycles. The molecular weight excluding hydrogens is 306 g/mol. The molecule has 0 radical (unpaired) electrons. The summed E-state index contributed by atoms with van der Waals surface area (Å²) in [6.45, 7) is 1.46. The number of nitrogens with zero attached hydrogens (tertiary/aromatic N) is 1. The first-order valence-electron chi connectivity index (χ1n) is 11.0. The first-order chi connectivity index (χ1) is 12.4. The smallest absolute Gasteiger partial charge is 0.0443 e. The normalized spacial score (nSPS) is 40.7. The molecule has 140 valence electrons. The molecule has 0 amide bonds. The second kappa shape index (κ2) is 8.39. The van der Waals surface area contributed by atoms with Gasteiger partial charge in [-0.1, -0.05) is 37.1 Å². The van der Waals surface area contributed by atoms with Gasteiger partial charge in [-0.15, -0.1) is 0 Å². The molecule has 0 aliphatic heterocycles. The van der Waals surface area contributed by atoms with E-state index in [4.69, 9.17) is 0 Å². The van der Waals surface area contributed by atoms with Crippen molar-refractivity contribution in [1.82, 2.24) is 4.90 Å². The van der Waals surface area contributed by atoms with Crippen molar-refractivity contribution in [3.8, 4) is 0 Å². The van der Waals surface area contributed by atoms with E-state index < -0.39 is 0 Å². The molecule has 2 fully saturated rings. The molecule has 0 saturated heterocycles. The van der Waals surface area contributed by atoms with Crippen LogP contribution < -0.4 is 0 Å². The highest BCUT2D eigenvalue weighted by Gasteiger charge is 2.43. The molecule has 0 spiro atoms.